The highest BCUT2D eigenvalue weighted by molar-refractivity contribution is 7.62. The van der Waals surface area contributed by atoms with Crippen LogP contribution in [-0.4, -0.2) is 23.2 Å². The first-order valence-corrected chi connectivity index (χ1v) is 10.9. The topological polar surface area (TPSA) is 86.5 Å². The van der Waals surface area contributed by atoms with Gasteiger partial charge in [0.2, 0.25) is 17.2 Å². The largest absolute Gasteiger partial charge is 0.420 e. The normalized spacial score (nSPS) is 11.8. The lowest BCUT2D eigenvalue weighted by Gasteiger charge is -2.15. The van der Waals surface area contributed by atoms with Crippen molar-refractivity contribution in [3.63, 3.8) is 0 Å². The SMILES string of the molecule is CCOP(=O)(OCC)c1nc(/C=C/c2ccccc2)oc1NCc1cccnc1. The monoisotopic (exact) mass is 413 g/mol. The number of benzene rings is 1. The highest BCUT2D eigenvalue weighted by Crippen LogP contribution is 2.48. The van der Waals surface area contributed by atoms with E-state index in [1.54, 1.807) is 32.3 Å². The molecule has 3 aromatic rings. The van der Waals surface area contributed by atoms with Crippen LogP contribution in [-0.2, 0) is 20.2 Å². The molecule has 0 aliphatic heterocycles. The van der Waals surface area contributed by atoms with Crippen LogP contribution in [0.1, 0.15) is 30.9 Å². The lowest BCUT2D eigenvalue weighted by Crippen LogP contribution is -2.16. The van der Waals surface area contributed by atoms with Gasteiger partial charge in [0.1, 0.15) is 0 Å². The average molecular weight is 413 g/mol. The third-order valence-corrected chi connectivity index (χ3v) is 5.90. The van der Waals surface area contributed by atoms with Crippen LogP contribution in [0.2, 0.25) is 0 Å². The molecule has 29 heavy (non-hydrogen) atoms. The van der Waals surface area contributed by atoms with E-state index in [4.69, 9.17) is 13.5 Å². The van der Waals surface area contributed by atoms with E-state index in [-0.39, 0.29) is 24.5 Å². The molecule has 0 saturated heterocycles. The minimum Gasteiger partial charge on any atom is -0.420 e. The zero-order valence-corrected chi connectivity index (χ0v) is 17.3. The molecule has 0 amide bonds. The molecule has 8 heteroatoms. The number of rotatable bonds is 10. The van der Waals surface area contributed by atoms with E-state index in [1.807, 2.05) is 48.5 Å². The van der Waals surface area contributed by atoms with Gasteiger partial charge in [-0.15, -0.1) is 0 Å². The third-order valence-electron chi connectivity index (χ3n) is 3.88. The summed E-state index contributed by atoms with van der Waals surface area (Å²) in [4.78, 5) is 8.50. The second-order valence-electron chi connectivity index (χ2n) is 6.00. The summed E-state index contributed by atoms with van der Waals surface area (Å²) in [6, 6.07) is 13.5. The van der Waals surface area contributed by atoms with Gasteiger partial charge in [-0.2, -0.15) is 4.98 Å². The minimum absolute atomic E-state index is 0.137. The maximum Gasteiger partial charge on any atom is 0.385 e. The van der Waals surface area contributed by atoms with Crippen molar-refractivity contribution in [2.24, 2.45) is 0 Å². The van der Waals surface area contributed by atoms with Gasteiger partial charge in [-0.1, -0.05) is 36.4 Å². The van der Waals surface area contributed by atoms with Gasteiger partial charge in [-0.25, -0.2) is 0 Å². The van der Waals surface area contributed by atoms with Gasteiger partial charge in [-0.05, 0) is 37.1 Å². The number of nitrogens with zero attached hydrogens (tertiary/aromatic N) is 2. The number of hydrogen-bond acceptors (Lipinski definition) is 7. The first-order valence-electron chi connectivity index (χ1n) is 9.41. The Morgan fingerprint density at radius 2 is 1.83 bits per heavy atom. The molecule has 0 aliphatic rings. The number of hydrogen-bond donors (Lipinski definition) is 1. The number of pyridine rings is 1. The van der Waals surface area contributed by atoms with Gasteiger partial charge in [0, 0.05) is 25.0 Å². The van der Waals surface area contributed by atoms with Gasteiger partial charge in [0.25, 0.3) is 0 Å². The maximum absolute atomic E-state index is 13.3. The van der Waals surface area contributed by atoms with Crippen molar-refractivity contribution in [2.45, 2.75) is 20.4 Å². The molecule has 0 saturated carbocycles. The number of anilines is 1. The molecule has 7 nitrogen and oxygen atoms in total. The van der Waals surface area contributed by atoms with Crippen LogP contribution in [0, 0.1) is 0 Å². The summed E-state index contributed by atoms with van der Waals surface area (Å²) in [7, 11) is -3.62. The van der Waals surface area contributed by atoms with Gasteiger partial charge in [-0.3, -0.25) is 9.55 Å². The van der Waals surface area contributed by atoms with E-state index in [9.17, 15) is 4.57 Å². The van der Waals surface area contributed by atoms with Crippen LogP contribution in [0.25, 0.3) is 12.2 Å². The van der Waals surface area contributed by atoms with E-state index in [1.165, 1.54) is 0 Å². The Hall–Kier alpha value is -2.73. The van der Waals surface area contributed by atoms with Crippen molar-refractivity contribution in [1.82, 2.24) is 9.97 Å². The van der Waals surface area contributed by atoms with E-state index in [0.717, 1.165) is 11.1 Å². The average Bonchev–Trinajstić information content (AvgIpc) is 3.17. The number of oxazole rings is 1. The van der Waals surface area contributed by atoms with E-state index < -0.39 is 7.60 Å². The molecule has 1 N–H and O–H groups in total. The Morgan fingerprint density at radius 1 is 1.07 bits per heavy atom. The van der Waals surface area contributed by atoms with Crippen molar-refractivity contribution < 1.29 is 18.0 Å². The molecule has 0 aliphatic carbocycles. The zero-order valence-electron chi connectivity index (χ0n) is 16.4. The number of nitrogens with one attached hydrogen (secondary N) is 1. The van der Waals surface area contributed by atoms with E-state index in [0.29, 0.717) is 12.4 Å². The molecule has 0 radical (unpaired) electrons. The molecule has 0 fully saturated rings. The second kappa shape index (κ2) is 10.2. The summed E-state index contributed by atoms with van der Waals surface area (Å²) in [6.45, 7) is 4.38. The van der Waals surface area contributed by atoms with Crippen LogP contribution in [0.4, 0.5) is 5.88 Å². The van der Waals surface area contributed by atoms with Crippen molar-refractivity contribution >= 4 is 31.1 Å². The highest BCUT2D eigenvalue weighted by Gasteiger charge is 2.35. The molecule has 1 aromatic carbocycles. The number of aromatic nitrogens is 2. The molecular formula is C21H24N3O4P. The molecule has 0 spiro atoms. The van der Waals surface area contributed by atoms with Crippen LogP contribution in [0.3, 0.4) is 0 Å². The maximum atomic E-state index is 13.3. The Bertz CT molecular complexity index is 964. The van der Waals surface area contributed by atoms with Crippen LogP contribution >= 0.6 is 7.60 Å². The van der Waals surface area contributed by atoms with Crippen molar-refractivity contribution in [2.75, 3.05) is 18.5 Å². The molecular weight excluding hydrogens is 389 g/mol. The summed E-state index contributed by atoms with van der Waals surface area (Å²) in [5, 5.41) is 3.14. The van der Waals surface area contributed by atoms with Crippen LogP contribution in [0.15, 0.2) is 59.3 Å². The standard InChI is InChI=1S/C21H24N3O4P/c1-3-26-29(25,27-4-2)21-20(23-16-18-11-8-14-22-15-18)28-19(24-21)13-12-17-9-6-5-7-10-17/h5-15,23H,3-4,16H2,1-2H3/b13-12+. The fraction of sp³-hybridized carbons (Fsp3) is 0.238. The molecule has 2 heterocycles. The van der Waals surface area contributed by atoms with Gasteiger partial charge in [0.15, 0.2) is 0 Å². The smallest absolute Gasteiger partial charge is 0.385 e. The van der Waals surface area contributed by atoms with Crippen LogP contribution in [0.5, 0.6) is 0 Å². The molecule has 0 unspecified atom stereocenters. The first-order chi connectivity index (χ1) is 14.1. The minimum atomic E-state index is -3.62. The Labute approximate surface area is 170 Å². The van der Waals surface area contributed by atoms with E-state index >= 15 is 0 Å². The fourth-order valence-electron chi connectivity index (χ4n) is 2.62. The Kier molecular flexibility index (Phi) is 7.36. The lowest BCUT2D eigenvalue weighted by molar-refractivity contribution is 0.229. The quantitative estimate of drug-likeness (QED) is 0.480. The predicted molar refractivity (Wildman–Crippen MR) is 114 cm³/mol. The van der Waals surface area contributed by atoms with E-state index in [2.05, 4.69) is 15.3 Å². The summed E-state index contributed by atoms with van der Waals surface area (Å²) < 4.78 is 30.0. The van der Waals surface area contributed by atoms with Gasteiger partial charge < -0.3 is 18.8 Å². The summed E-state index contributed by atoms with van der Waals surface area (Å²) in [5.74, 6) is 0.559. The summed E-state index contributed by atoms with van der Waals surface area (Å²) >= 11 is 0. The Balaban J connectivity index is 1.91. The van der Waals surface area contributed by atoms with Crippen molar-refractivity contribution in [3.05, 3.63) is 71.9 Å². The van der Waals surface area contributed by atoms with Crippen molar-refractivity contribution in [1.29, 1.82) is 0 Å². The molecule has 0 bridgehead atoms. The first kappa shape index (κ1) is 21.0. The van der Waals surface area contributed by atoms with Gasteiger partial charge >= 0.3 is 7.60 Å². The molecule has 152 valence electrons. The molecule has 0 atom stereocenters. The van der Waals surface area contributed by atoms with Crippen LogP contribution < -0.4 is 10.8 Å². The zero-order chi connectivity index (χ0) is 20.5. The summed E-state index contributed by atoms with van der Waals surface area (Å²) in [6.07, 6.45) is 7.03. The third kappa shape index (κ3) is 5.64. The molecule has 3 rings (SSSR count). The summed E-state index contributed by atoms with van der Waals surface area (Å²) in [5.41, 5.74) is 2.08. The van der Waals surface area contributed by atoms with Gasteiger partial charge in [0.05, 0.1) is 13.2 Å². The molecule has 2 aromatic heterocycles. The highest BCUT2D eigenvalue weighted by atomic mass is 31.2. The second-order valence-corrected chi connectivity index (χ2v) is 7.93. The Morgan fingerprint density at radius 3 is 2.48 bits per heavy atom. The fourth-order valence-corrected chi connectivity index (χ4v) is 4.21. The van der Waals surface area contributed by atoms with Crippen molar-refractivity contribution in [3.8, 4) is 0 Å². The predicted octanol–water partition coefficient (Wildman–Crippen LogP) is 4.74. The lowest BCUT2D eigenvalue weighted by atomic mass is 10.2.